The molecule has 0 saturated carbocycles. The number of para-hydroxylation sites is 1. The van der Waals surface area contributed by atoms with Crippen molar-refractivity contribution in [3.8, 4) is 11.1 Å². The molecule has 0 spiro atoms. The zero-order chi connectivity index (χ0) is 26.2. The van der Waals surface area contributed by atoms with Gasteiger partial charge in [0.05, 0.1) is 0 Å². The van der Waals surface area contributed by atoms with E-state index in [1.54, 1.807) is 0 Å². The average Bonchev–Trinajstić information content (AvgIpc) is 3.37. The highest BCUT2D eigenvalue weighted by atomic mass is 79.9. The molecule has 188 valence electrons. The number of hydrogen-bond donors (Lipinski definition) is 0. The molecule has 0 radical (unpaired) electrons. The van der Waals surface area contributed by atoms with E-state index in [0.29, 0.717) is 0 Å². The van der Waals surface area contributed by atoms with E-state index in [1.165, 1.54) is 22.4 Å². The third-order valence-electron chi connectivity index (χ3n) is 7.48. The lowest BCUT2D eigenvalue weighted by molar-refractivity contribution is 0.669. The first kappa shape index (κ1) is 23.8. The maximum atomic E-state index is 6.14. The fraction of sp³-hybridized carbons (Fsp3) is 0.0556. The van der Waals surface area contributed by atoms with Crippen LogP contribution in [0.3, 0.4) is 0 Å². The fourth-order valence-corrected chi connectivity index (χ4v) is 5.75. The van der Waals surface area contributed by atoms with Crippen molar-refractivity contribution in [2.45, 2.75) is 12.8 Å². The van der Waals surface area contributed by atoms with Crippen LogP contribution in [0.1, 0.15) is 18.4 Å². The predicted octanol–water partition coefficient (Wildman–Crippen LogP) is 10.9. The molecular formula is C36H26BrNO. The van der Waals surface area contributed by atoms with Crippen molar-refractivity contribution in [3.63, 3.8) is 0 Å². The minimum Gasteiger partial charge on any atom is -0.456 e. The maximum absolute atomic E-state index is 6.14. The first-order valence-electron chi connectivity index (χ1n) is 13.3. The van der Waals surface area contributed by atoms with E-state index in [-0.39, 0.29) is 0 Å². The van der Waals surface area contributed by atoms with Crippen LogP contribution in [0.2, 0.25) is 0 Å². The van der Waals surface area contributed by atoms with Crippen molar-refractivity contribution >= 4 is 54.8 Å². The molecule has 3 heteroatoms. The summed E-state index contributed by atoms with van der Waals surface area (Å²) in [6.07, 6.45) is 6.54. The number of anilines is 2. The van der Waals surface area contributed by atoms with Gasteiger partial charge in [-0.2, -0.15) is 0 Å². The van der Waals surface area contributed by atoms with Gasteiger partial charge >= 0.3 is 0 Å². The van der Waals surface area contributed by atoms with Crippen molar-refractivity contribution in [2.75, 3.05) is 4.90 Å². The Bertz CT molecular complexity index is 1840. The van der Waals surface area contributed by atoms with Gasteiger partial charge in [0.25, 0.3) is 0 Å². The summed E-state index contributed by atoms with van der Waals surface area (Å²) in [5.74, 6) is 0. The van der Waals surface area contributed by atoms with Gasteiger partial charge < -0.3 is 9.32 Å². The molecule has 0 fully saturated rings. The molecule has 39 heavy (non-hydrogen) atoms. The lowest BCUT2D eigenvalue weighted by atomic mass is 9.95. The van der Waals surface area contributed by atoms with Gasteiger partial charge in [0.1, 0.15) is 11.2 Å². The molecule has 0 amide bonds. The summed E-state index contributed by atoms with van der Waals surface area (Å²) in [5.41, 5.74) is 10.4. The number of allylic oxidation sites excluding steroid dienone is 4. The second-order valence-corrected chi connectivity index (χ2v) is 10.8. The van der Waals surface area contributed by atoms with Crippen LogP contribution in [0.4, 0.5) is 11.4 Å². The maximum Gasteiger partial charge on any atom is 0.136 e. The van der Waals surface area contributed by atoms with E-state index < -0.39 is 0 Å². The summed E-state index contributed by atoms with van der Waals surface area (Å²) in [4.78, 5) is 2.37. The molecule has 0 N–H and O–H groups in total. The second-order valence-electron chi connectivity index (χ2n) is 9.88. The highest BCUT2D eigenvalue weighted by molar-refractivity contribution is 9.10. The Balaban J connectivity index is 1.24. The van der Waals surface area contributed by atoms with Crippen molar-refractivity contribution in [1.29, 1.82) is 0 Å². The van der Waals surface area contributed by atoms with Crippen LogP contribution in [0, 0.1) is 0 Å². The summed E-state index contributed by atoms with van der Waals surface area (Å²) in [6, 6.07) is 42.8. The van der Waals surface area contributed by atoms with E-state index in [0.717, 1.165) is 56.2 Å². The molecule has 0 saturated heterocycles. The zero-order valence-corrected chi connectivity index (χ0v) is 22.9. The standard InChI is InChI=1S/C36H26BrNO/c37-29-15-21-32(22-16-29)38(30-17-10-26(11-18-30)25-6-2-1-3-7-25)31-19-12-27(13-20-31)28-14-23-34-33-8-4-5-9-35(33)39-36(34)24-28/h1-10,12-17,19-24H,11,18H2. The van der Waals surface area contributed by atoms with Crippen LogP contribution < -0.4 is 4.90 Å². The Labute approximate surface area is 236 Å². The van der Waals surface area contributed by atoms with Crippen LogP contribution in [0.15, 0.2) is 148 Å². The molecule has 0 unspecified atom stereocenters. The van der Waals surface area contributed by atoms with E-state index in [9.17, 15) is 0 Å². The highest BCUT2D eigenvalue weighted by Crippen LogP contribution is 2.38. The Morgan fingerprint density at radius 3 is 1.95 bits per heavy atom. The molecule has 6 aromatic rings. The fourth-order valence-electron chi connectivity index (χ4n) is 5.48. The van der Waals surface area contributed by atoms with Crippen molar-refractivity contribution in [2.24, 2.45) is 0 Å². The molecule has 0 bridgehead atoms. The molecule has 1 aliphatic carbocycles. The van der Waals surface area contributed by atoms with Crippen LogP contribution in [-0.4, -0.2) is 0 Å². The third-order valence-corrected chi connectivity index (χ3v) is 8.01. The van der Waals surface area contributed by atoms with Crippen LogP contribution in [0.25, 0.3) is 38.6 Å². The van der Waals surface area contributed by atoms with Crippen molar-refractivity contribution in [3.05, 3.63) is 149 Å². The van der Waals surface area contributed by atoms with Crippen LogP contribution >= 0.6 is 15.9 Å². The second kappa shape index (κ2) is 10.1. The largest absolute Gasteiger partial charge is 0.456 e. The predicted molar refractivity (Wildman–Crippen MR) is 167 cm³/mol. The molecule has 1 aliphatic rings. The van der Waals surface area contributed by atoms with Gasteiger partial charge in [-0.3, -0.25) is 0 Å². The zero-order valence-electron chi connectivity index (χ0n) is 21.3. The number of halogens is 1. The Morgan fingerprint density at radius 1 is 0.538 bits per heavy atom. The van der Waals surface area contributed by atoms with Gasteiger partial charge in [-0.25, -0.2) is 0 Å². The van der Waals surface area contributed by atoms with Gasteiger partial charge in [-0.05, 0) is 95.8 Å². The van der Waals surface area contributed by atoms with E-state index >= 15 is 0 Å². The molecule has 5 aromatic carbocycles. The summed E-state index contributed by atoms with van der Waals surface area (Å²) >= 11 is 3.59. The van der Waals surface area contributed by atoms with E-state index in [1.807, 2.05) is 12.1 Å². The van der Waals surface area contributed by atoms with Gasteiger partial charge in [0.15, 0.2) is 0 Å². The van der Waals surface area contributed by atoms with Gasteiger partial charge in [-0.1, -0.05) is 88.7 Å². The summed E-state index contributed by atoms with van der Waals surface area (Å²) < 4.78 is 7.21. The third kappa shape index (κ3) is 4.60. The van der Waals surface area contributed by atoms with Crippen LogP contribution in [-0.2, 0) is 0 Å². The number of benzene rings is 5. The Morgan fingerprint density at radius 2 is 1.21 bits per heavy atom. The molecular weight excluding hydrogens is 542 g/mol. The molecule has 1 heterocycles. The average molecular weight is 569 g/mol. The topological polar surface area (TPSA) is 16.4 Å². The Hall–Kier alpha value is -4.34. The number of fused-ring (bicyclic) bond motifs is 3. The smallest absolute Gasteiger partial charge is 0.136 e. The quantitative estimate of drug-likeness (QED) is 0.206. The van der Waals surface area contributed by atoms with Crippen LogP contribution in [0.5, 0.6) is 0 Å². The summed E-state index contributed by atoms with van der Waals surface area (Å²) in [5, 5.41) is 2.31. The minimum absolute atomic E-state index is 0.919. The van der Waals surface area contributed by atoms with Gasteiger partial charge in [0, 0.05) is 32.3 Å². The molecule has 0 atom stereocenters. The van der Waals surface area contributed by atoms with Gasteiger partial charge in [0.2, 0.25) is 0 Å². The SMILES string of the molecule is Brc1ccc(N(C2=CC=C(c3ccccc3)CC2)c2ccc(-c3ccc4c(c3)oc3ccccc34)cc2)cc1. The normalized spacial score (nSPS) is 13.4. The Kier molecular flexibility index (Phi) is 6.14. The number of rotatable bonds is 5. The lowest BCUT2D eigenvalue weighted by Crippen LogP contribution is -2.17. The molecule has 0 aliphatic heterocycles. The summed E-state index contributed by atoms with van der Waals surface area (Å²) in [6.45, 7) is 0. The van der Waals surface area contributed by atoms with Gasteiger partial charge in [-0.15, -0.1) is 0 Å². The molecule has 2 nitrogen and oxygen atoms in total. The summed E-state index contributed by atoms with van der Waals surface area (Å²) in [7, 11) is 0. The first-order chi connectivity index (χ1) is 19.2. The number of hydrogen-bond acceptors (Lipinski definition) is 2. The van der Waals surface area contributed by atoms with Crippen molar-refractivity contribution in [1.82, 2.24) is 0 Å². The van der Waals surface area contributed by atoms with Crippen molar-refractivity contribution < 1.29 is 4.42 Å². The minimum atomic E-state index is 0.919. The monoisotopic (exact) mass is 567 g/mol. The molecule has 1 aromatic heterocycles. The van der Waals surface area contributed by atoms with E-state index in [2.05, 4.69) is 142 Å². The lowest BCUT2D eigenvalue weighted by Gasteiger charge is -2.30. The first-order valence-corrected chi connectivity index (χ1v) is 14.0. The number of furan rings is 1. The highest BCUT2D eigenvalue weighted by Gasteiger charge is 2.18. The number of nitrogens with zero attached hydrogens (tertiary/aromatic N) is 1. The van der Waals surface area contributed by atoms with E-state index in [4.69, 9.17) is 4.42 Å². The molecule has 7 rings (SSSR count).